The van der Waals surface area contributed by atoms with Crippen LogP contribution in [0.25, 0.3) is 0 Å². The molecule has 0 amide bonds. The summed E-state index contributed by atoms with van der Waals surface area (Å²) >= 11 is 0. The SMILES string of the molecule is N=C(N)c1ccncc1N1CCC(N2CCCCC2)C1. The molecule has 0 bridgehead atoms. The average molecular weight is 273 g/mol. The van der Waals surface area contributed by atoms with E-state index in [1.54, 1.807) is 6.20 Å². The zero-order valence-corrected chi connectivity index (χ0v) is 11.9. The molecule has 5 heteroatoms. The van der Waals surface area contributed by atoms with Gasteiger partial charge in [0.15, 0.2) is 0 Å². The van der Waals surface area contributed by atoms with Crippen molar-refractivity contribution in [2.24, 2.45) is 5.73 Å². The predicted octanol–water partition coefficient (Wildman–Crippen LogP) is 1.43. The zero-order chi connectivity index (χ0) is 13.9. The highest BCUT2D eigenvalue weighted by atomic mass is 15.3. The van der Waals surface area contributed by atoms with Crippen LogP contribution in [-0.4, -0.2) is 47.9 Å². The molecule has 0 aliphatic carbocycles. The molecule has 2 fully saturated rings. The third-order valence-electron chi connectivity index (χ3n) is 4.50. The van der Waals surface area contributed by atoms with Gasteiger partial charge < -0.3 is 10.6 Å². The molecule has 2 aliphatic rings. The van der Waals surface area contributed by atoms with Crippen LogP contribution >= 0.6 is 0 Å². The number of nitrogens with one attached hydrogen (secondary N) is 1. The number of hydrogen-bond acceptors (Lipinski definition) is 4. The Balaban J connectivity index is 1.72. The molecule has 0 aromatic carbocycles. The van der Waals surface area contributed by atoms with Gasteiger partial charge in [-0.3, -0.25) is 15.3 Å². The van der Waals surface area contributed by atoms with Gasteiger partial charge in [0.25, 0.3) is 0 Å². The van der Waals surface area contributed by atoms with E-state index >= 15 is 0 Å². The average Bonchev–Trinajstić information content (AvgIpc) is 2.98. The summed E-state index contributed by atoms with van der Waals surface area (Å²) in [6.45, 7) is 4.55. The highest BCUT2D eigenvalue weighted by Gasteiger charge is 2.29. The molecule has 3 heterocycles. The fourth-order valence-corrected chi connectivity index (χ4v) is 3.41. The second kappa shape index (κ2) is 5.79. The Morgan fingerprint density at radius 2 is 2.05 bits per heavy atom. The monoisotopic (exact) mass is 273 g/mol. The summed E-state index contributed by atoms with van der Waals surface area (Å²) in [5.74, 6) is 0.129. The molecule has 0 spiro atoms. The van der Waals surface area contributed by atoms with Gasteiger partial charge in [-0.05, 0) is 38.4 Å². The van der Waals surface area contributed by atoms with Crippen molar-refractivity contribution >= 4 is 11.5 Å². The Kier molecular flexibility index (Phi) is 3.87. The van der Waals surface area contributed by atoms with E-state index in [1.807, 2.05) is 12.3 Å². The molecule has 1 unspecified atom stereocenters. The van der Waals surface area contributed by atoms with Crippen LogP contribution in [0.4, 0.5) is 5.69 Å². The topological polar surface area (TPSA) is 69.2 Å². The van der Waals surface area contributed by atoms with Crippen LogP contribution in [-0.2, 0) is 0 Å². The number of aromatic nitrogens is 1. The lowest BCUT2D eigenvalue weighted by Gasteiger charge is -2.32. The number of anilines is 1. The minimum Gasteiger partial charge on any atom is -0.384 e. The lowest BCUT2D eigenvalue weighted by molar-refractivity contribution is 0.175. The number of likely N-dealkylation sites (tertiary alicyclic amines) is 1. The molecule has 108 valence electrons. The number of piperidine rings is 1. The molecule has 1 aromatic heterocycles. The van der Waals surface area contributed by atoms with Gasteiger partial charge in [-0.15, -0.1) is 0 Å². The Morgan fingerprint density at radius 1 is 1.25 bits per heavy atom. The number of hydrogen-bond donors (Lipinski definition) is 2. The summed E-state index contributed by atoms with van der Waals surface area (Å²) in [4.78, 5) is 9.17. The van der Waals surface area contributed by atoms with Crippen LogP contribution in [0.1, 0.15) is 31.2 Å². The largest absolute Gasteiger partial charge is 0.384 e. The lowest BCUT2D eigenvalue weighted by atomic mass is 10.1. The molecule has 2 aliphatic heterocycles. The van der Waals surface area contributed by atoms with Gasteiger partial charge in [-0.25, -0.2) is 0 Å². The van der Waals surface area contributed by atoms with E-state index in [4.69, 9.17) is 11.1 Å². The first-order valence-electron chi connectivity index (χ1n) is 7.53. The van der Waals surface area contributed by atoms with Gasteiger partial charge in [0, 0.05) is 30.9 Å². The quantitative estimate of drug-likeness (QED) is 0.646. The van der Waals surface area contributed by atoms with Gasteiger partial charge in [0.2, 0.25) is 0 Å². The van der Waals surface area contributed by atoms with Crippen molar-refractivity contribution in [2.45, 2.75) is 31.7 Å². The second-order valence-corrected chi connectivity index (χ2v) is 5.79. The van der Waals surface area contributed by atoms with E-state index < -0.39 is 0 Å². The third-order valence-corrected chi connectivity index (χ3v) is 4.50. The molecule has 3 N–H and O–H groups in total. The van der Waals surface area contributed by atoms with Crippen molar-refractivity contribution < 1.29 is 0 Å². The third kappa shape index (κ3) is 2.63. The van der Waals surface area contributed by atoms with E-state index in [9.17, 15) is 0 Å². The Labute approximate surface area is 120 Å². The summed E-state index contributed by atoms with van der Waals surface area (Å²) < 4.78 is 0. The normalized spacial score (nSPS) is 24.0. The van der Waals surface area contributed by atoms with Crippen LogP contribution in [0.15, 0.2) is 18.5 Å². The summed E-state index contributed by atoms with van der Waals surface area (Å²) in [6.07, 6.45) is 8.80. The van der Waals surface area contributed by atoms with Gasteiger partial charge in [0.05, 0.1) is 11.9 Å². The summed E-state index contributed by atoms with van der Waals surface area (Å²) in [7, 11) is 0. The number of nitrogens with two attached hydrogens (primary N) is 1. The van der Waals surface area contributed by atoms with E-state index in [2.05, 4.69) is 14.8 Å². The standard InChI is InChI=1S/C15H23N5/c16-15(17)13-4-6-18-10-14(13)20-9-5-12(11-20)19-7-2-1-3-8-19/h4,6,10,12H,1-3,5,7-9,11H2,(H3,16,17). The molecule has 5 nitrogen and oxygen atoms in total. The summed E-state index contributed by atoms with van der Waals surface area (Å²) in [5.41, 5.74) is 7.50. The van der Waals surface area contributed by atoms with E-state index in [-0.39, 0.29) is 5.84 Å². The van der Waals surface area contributed by atoms with Crippen molar-refractivity contribution in [1.29, 1.82) is 5.41 Å². The summed E-state index contributed by atoms with van der Waals surface area (Å²) in [5, 5.41) is 7.70. The van der Waals surface area contributed by atoms with Crippen LogP contribution in [0.2, 0.25) is 0 Å². The van der Waals surface area contributed by atoms with Crippen LogP contribution < -0.4 is 10.6 Å². The number of pyridine rings is 1. The molecule has 1 aromatic rings. The maximum Gasteiger partial charge on any atom is 0.125 e. The fourth-order valence-electron chi connectivity index (χ4n) is 3.41. The number of nitrogens with zero attached hydrogens (tertiary/aromatic N) is 3. The Bertz CT molecular complexity index is 481. The molecular formula is C15H23N5. The van der Waals surface area contributed by atoms with E-state index in [1.165, 1.54) is 38.8 Å². The van der Waals surface area contributed by atoms with E-state index in [0.717, 1.165) is 24.3 Å². The second-order valence-electron chi connectivity index (χ2n) is 5.79. The van der Waals surface area contributed by atoms with Crippen molar-refractivity contribution in [3.05, 3.63) is 24.0 Å². The highest BCUT2D eigenvalue weighted by molar-refractivity contribution is 6.00. The first kappa shape index (κ1) is 13.4. The molecule has 0 saturated carbocycles. The maximum absolute atomic E-state index is 7.70. The highest BCUT2D eigenvalue weighted by Crippen LogP contribution is 2.26. The van der Waals surface area contributed by atoms with Crippen molar-refractivity contribution in [1.82, 2.24) is 9.88 Å². The van der Waals surface area contributed by atoms with Gasteiger partial charge >= 0.3 is 0 Å². The lowest BCUT2D eigenvalue weighted by Crippen LogP contribution is -2.41. The molecule has 20 heavy (non-hydrogen) atoms. The fraction of sp³-hybridized carbons (Fsp3) is 0.600. The van der Waals surface area contributed by atoms with Crippen LogP contribution in [0, 0.1) is 5.41 Å². The smallest absolute Gasteiger partial charge is 0.125 e. The Hall–Kier alpha value is -1.62. The number of amidine groups is 1. The molecule has 0 radical (unpaired) electrons. The first-order valence-corrected chi connectivity index (χ1v) is 7.53. The molecule has 1 atom stereocenters. The number of nitrogen functional groups attached to an aromatic ring is 1. The van der Waals surface area contributed by atoms with Crippen LogP contribution in [0.3, 0.4) is 0 Å². The molecule has 3 rings (SSSR count). The number of rotatable bonds is 3. The van der Waals surface area contributed by atoms with Crippen molar-refractivity contribution in [3.8, 4) is 0 Å². The van der Waals surface area contributed by atoms with Crippen molar-refractivity contribution in [2.75, 3.05) is 31.1 Å². The molecular weight excluding hydrogens is 250 g/mol. The molecule has 2 saturated heterocycles. The minimum atomic E-state index is 0.129. The maximum atomic E-state index is 7.70. The van der Waals surface area contributed by atoms with Gasteiger partial charge in [-0.2, -0.15) is 0 Å². The first-order chi connectivity index (χ1) is 9.75. The predicted molar refractivity (Wildman–Crippen MR) is 81.3 cm³/mol. The minimum absolute atomic E-state index is 0.129. The van der Waals surface area contributed by atoms with E-state index in [0.29, 0.717) is 6.04 Å². The van der Waals surface area contributed by atoms with Gasteiger partial charge in [0.1, 0.15) is 5.84 Å². The zero-order valence-electron chi connectivity index (χ0n) is 11.9. The summed E-state index contributed by atoms with van der Waals surface area (Å²) in [6, 6.07) is 2.49. The van der Waals surface area contributed by atoms with Gasteiger partial charge in [-0.1, -0.05) is 6.42 Å². The van der Waals surface area contributed by atoms with Crippen molar-refractivity contribution in [3.63, 3.8) is 0 Å². The van der Waals surface area contributed by atoms with Crippen LogP contribution in [0.5, 0.6) is 0 Å². The Morgan fingerprint density at radius 3 is 2.80 bits per heavy atom.